The van der Waals surface area contributed by atoms with Crippen LogP contribution in [0.2, 0.25) is 0 Å². The SMILES string of the molecule is O=S(=O)(Nc1ccc(CCNC[C@H](O)c2cccnc2)cc1)c1ccc(-c2ncon2)c(CCCc2ccccc2)c1. The molecule has 0 spiro atoms. The van der Waals surface area contributed by atoms with Crippen LogP contribution in [-0.2, 0) is 29.3 Å². The summed E-state index contributed by atoms with van der Waals surface area (Å²) in [6.45, 7) is 1.09. The van der Waals surface area contributed by atoms with Crippen LogP contribution in [0.1, 0.15) is 34.8 Å². The Kier molecular flexibility index (Phi) is 9.70. The molecule has 0 amide bonds. The Bertz CT molecular complexity index is 1650. The normalized spacial score (nSPS) is 12.2. The molecule has 0 radical (unpaired) electrons. The second kappa shape index (κ2) is 14.0. The van der Waals surface area contributed by atoms with E-state index in [2.05, 4.69) is 37.3 Å². The molecule has 0 fully saturated rings. The van der Waals surface area contributed by atoms with Gasteiger partial charge in [-0.25, -0.2) is 8.42 Å². The van der Waals surface area contributed by atoms with Gasteiger partial charge in [-0.15, -0.1) is 0 Å². The first-order valence-corrected chi connectivity index (χ1v) is 15.3. The van der Waals surface area contributed by atoms with Crippen LogP contribution in [0.25, 0.3) is 11.4 Å². The van der Waals surface area contributed by atoms with Crippen molar-refractivity contribution < 1.29 is 18.0 Å². The largest absolute Gasteiger partial charge is 0.387 e. The predicted molar refractivity (Wildman–Crippen MR) is 161 cm³/mol. The molecule has 0 bridgehead atoms. The Morgan fingerprint density at radius 2 is 1.69 bits per heavy atom. The lowest BCUT2D eigenvalue weighted by Gasteiger charge is -2.13. The summed E-state index contributed by atoms with van der Waals surface area (Å²) < 4.78 is 34.3. The maximum atomic E-state index is 13.3. The second-order valence-electron chi connectivity index (χ2n) is 9.97. The van der Waals surface area contributed by atoms with Crippen molar-refractivity contribution >= 4 is 15.7 Å². The van der Waals surface area contributed by atoms with Crippen molar-refractivity contribution in [2.24, 2.45) is 0 Å². The summed E-state index contributed by atoms with van der Waals surface area (Å²) >= 11 is 0. The van der Waals surface area contributed by atoms with E-state index in [4.69, 9.17) is 4.52 Å². The molecule has 2 heterocycles. The molecular weight excluding hydrogens is 550 g/mol. The highest BCUT2D eigenvalue weighted by Gasteiger charge is 2.18. The molecule has 3 N–H and O–H groups in total. The van der Waals surface area contributed by atoms with E-state index in [1.165, 1.54) is 12.0 Å². The van der Waals surface area contributed by atoms with Crippen LogP contribution in [0.4, 0.5) is 5.69 Å². The smallest absolute Gasteiger partial charge is 0.261 e. The molecule has 5 rings (SSSR count). The zero-order valence-corrected chi connectivity index (χ0v) is 23.9. The predicted octanol–water partition coefficient (Wildman–Crippen LogP) is 4.97. The Morgan fingerprint density at radius 1 is 0.881 bits per heavy atom. The number of rotatable bonds is 14. The number of aliphatic hydroxyl groups excluding tert-OH is 1. The minimum absolute atomic E-state index is 0.171. The Balaban J connectivity index is 1.20. The molecule has 0 aliphatic heterocycles. The van der Waals surface area contributed by atoms with Crippen LogP contribution in [-0.4, -0.2) is 41.7 Å². The number of pyridine rings is 1. The number of nitrogens with one attached hydrogen (secondary N) is 2. The van der Waals surface area contributed by atoms with Gasteiger partial charge < -0.3 is 14.9 Å². The van der Waals surface area contributed by atoms with E-state index in [0.29, 0.717) is 31.0 Å². The number of hydrogen-bond acceptors (Lipinski definition) is 8. The molecule has 10 heteroatoms. The summed E-state index contributed by atoms with van der Waals surface area (Å²) in [5.74, 6) is 0.429. The summed E-state index contributed by atoms with van der Waals surface area (Å²) in [6.07, 6.45) is 7.07. The van der Waals surface area contributed by atoms with Crippen LogP contribution >= 0.6 is 0 Å². The van der Waals surface area contributed by atoms with Gasteiger partial charge in [0.15, 0.2) is 0 Å². The molecule has 3 aromatic carbocycles. The summed E-state index contributed by atoms with van der Waals surface area (Å²) in [5.41, 5.74) is 5.11. The van der Waals surface area contributed by atoms with Crippen molar-refractivity contribution in [2.45, 2.75) is 36.7 Å². The third-order valence-corrected chi connectivity index (χ3v) is 8.33. The van der Waals surface area contributed by atoms with E-state index in [0.717, 1.165) is 41.5 Å². The molecule has 0 saturated carbocycles. The van der Waals surface area contributed by atoms with Crippen molar-refractivity contribution in [3.8, 4) is 11.4 Å². The lowest BCUT2D eigenvalue weighted by atomic mass is 9.99. The van der Waals surface area contributed by atoms with Crippen molar-refractivity contribution in [3.63, 3.8) is 0 Å². The number of hydrogen-bond donors (Lipinski definition) is 3. The first kappa shape index (κ1) is 29.1. The first-order chi connectivity index (χ1) is 20.5. The van der Waals surface area contributed by atoms with Crippen LogP contribution in [0.15, 0.2) is 113 Å². The fourth-order valence-electron chi connectivity index (χ4n) is 4.70. The van der Waals surface area contributed by atoms with Crippen LogP contribution in [0.3, 0.4) is 0 Å². The highest BCUT2D eigenvalue weighted by atomic mass is 32.2. The van der Waals surface area contributed by atoms with Gasteiger partial charge in [-0.2, -0.15) is 4.98 Å². The Labute approximate surface area is 245 Å². The molecule has 0 unspecified atom stereocenters. The second-order valence-corrected chi connectivity index (χ2v) is 11.7. The monoisotopic (exact) mass is 583 g/mol. The van der Waals surface area contributed by atoms with Gasteiger partial charge in [-0.3, -0.25) is 9.71 Å². The minimum Gasteiger partial charge on any atom is -0.387 e. The van der Waals surface area contributed by atoms with E-state index in [9.17, 15) is 13.5 Å². The van der Waals surface area contributed by atoms with Gasteiger partial charge in [-0.05, 0) is 85.3 Å². The molecule has 1 atom stereocenters. The molecule has 9 nitrogen and oxygen atoms in total. The number of anilines is 1. The standard InChI is InChI=1S/C32H33N5O4S/c38-31(27-10-5-18-33-21-27)22-34-19-17-25-11-13-28(14-12-25)37-42(39,40)29-15-16-30(32-35-23-41-36-32)26(20-29)9-4-8-24-6-2-1-3-7-24/h1-3,5-7,10-16,18,20-21,23,31,34,37-38H,4,8-9,17,19,22H2/t31-/m0/s1. The van der Waals surface area contributed by atoms with Gasteiger partial charge in [0.25, 0.3) is 10.0 Å². The fraction of sp³-hybridized carbons (Fsp3) is 0.219. The lowest BCUT2D eigenvalue weighted by molar-refractivity contribution is 0.174. The number of nitrogens with zero attached hydrogens (tertiary/aromatic N) is 3. The summed E-state index contributed by atoms with van der Waals surface area (Å²) in [5, 5.41) is 17.5. The van der Waals surface area contributed by atoms with E-state index in [1.54, 1.807) is 48.8 Å². The zero-order chi connectivity index (χ0) is 29.2. The molecule has 2 aromatic heterocycles. The highest BCUT2D eigenvalue weighted by Crippen LogP contribution is 2.27. The van der Waals surface area contributed by atoms with Crippen LogP contribution in [0, 0.1) is 0 Å². The number of aromatic nitrogens is 3. The Hall–Kier alpha value is -4.38. The minimum atomic E-state index is -3.83. The Morgan fingerprint density at radius 3 is 2.43 bits per heavy atom. The van der Waals surface area contributed by atoms with E-state index in [1.807, 2.05) is 36.4 Å². The third-order valence-electron chi connectivity index (χ3n) is 6.95. The van der Waals surface area contributed by atoms with Crippen molar-refractivity contribution in [1.29, 1.82) is 0 Å². The summed E-state index contributed by atoms with van der Waals surface area (Å²) in [7, 11) is -3.83. The van der Waals surface area contributed by atoms with Gasteiger partial charge >= 0.3 is 0 Å². The number of aryl methyl sites for hydroxylation is 2. The third kappa shape index (κ3) is 7.88. The average molecular weight is 584 g/mol. The van der Waals surface area contributed by atoms with Gasteiger partial charge in [0.05, 0.1) is 11.0 Å². The number of aliphatic hydroxyl groups is 1. The van der Waals surface area contributed by atoms with E-state index in [-0.39, 0.29) is 4.90 Å². The molecule has 0 aliphatic rings. The van der Waals surface area contributed by atoms with E-state index >= 15 is 0 Å². The lowest BCUT2D eigenvalue weighted by Crippen LogP contribution is -2.23. The van der Waals surface area contributed by atoms with Crippen molar-refractivity contribution in [2.75, 3.05) is 17.8 Å². The molecule has 0 aliphatic carbocycles. The average Bonchev–Trinajstić information content (AvgIpc) is 3.56. The summed E-state index contributed by atoms with van der Waals surface area (Å²) in [6, 6.07) is 26.1. The molecule has 5 aromatic rings. The van der Waals surface area contributed by atoms with Crippen LogP contribution < -0.4 is 10.0 Å². The number of sulfonamides is 1. The maximum Gasteiger partial charge on any atom is 0.261 e. The maximum absolute atomic E-state index is 13.3. The van der Waals surface area contributed by atoms with Gasteiger partial charge in [-0.1, -0.05) is 53.7 Å². The molecule has 0 saturated heterocycles. The molecule has 216 valence electrons. The molecule has 42 heavy (non-hydrogen) atoms. The van der Waals surface area contributed by atoms with Gasteiger partial charge in [0.1, 0.15) is 0 Å². The summed E-state index contributed by atoms with van der Waals surface area (Å²) in [4.78, 5) is 8.37. The van der Waals surface area contributed by atoms with Gasteiger partial charge in [0, 0.05) is 35.8 Å². The topological polar surface area (TPSA) is 130 Å². The number of benzene rings is 3. The van der Waals surface area contributed by atoms with Crippen LogP contribution in [0.5, 0.6) is 0 Å². The first-order valence-electron chi connectivity index (χ1n) is 13.8. The van der Waals surface area contributed by atoms with Crippen molar-refractivity contribution in [3.05, 3.63) is 126 Å². The van der Waals surface area contributed by atoms with Crippen molar-refractivity contribution in [1.82, 2.24) is 20.4 Å². The zero-order valence-electron chi connectivity index (χ0n) is 23.1. The quantitative estimate of drug-likeness (QED) is 0.156. The van der Waals surface area contributed by atoms with Gasteiger partial charge in [0.2, 0.25) is 12.2 Å². The highest BCUT2D eigenvalue weighted by molar-refractivity contribution is 7.92. The molecular formula is C32H33N5O4S. The van der Waals surface area contributed by atoms with E-state index < -0.39 is 16.1 Å². The fourth-order valence-corrected chi connectivity index (χ4v) is 5.80.